The van der Waals surface area contributed by atoms with Crippen molar-refractivity contribution < 1.29 is 4.79 Å². The van der Waals surface area contributed by atoms with E-state index in [9.17, 15) is 10.1 Å². The van der Waals surface area contributed by atoms with E-state index >= 15 is 0 Å². The number of nitriles is 1. The molecule has 0 radical (unpaired) electrons. The number of benzene rings is 2. The highest BCUT2D eigenvalue weighted by atomic mass is 32.2. The van der Waals surface area contributed by atoms with Gasteiger partial charge in [-0.3, -0.25) is 14.7 Å². The molecule has 2 N–H and O–H groups in total. The Bertz CT molecular complexity index is 1080. The van der Waals surface area contributed by atoms with Crippen molar-refractivity contribution in [3.63, 3.8) is 0 Å². The highest BCUT2D eigenvalue weighted by Crippen LogP contribution is 2.33. The molecule has 1 fully saturated rings. The van der Waals surface area contributed by atoms with E-state index in [2.05, 4.69) is 52.5 Å². The van der Waals surface area contributed by atoms with Crippen LogP contribution in [0.5, 0.6) is 0 Å². The number of hydrogen-bond acceptors (Lipinski definition) is 6. The molecule has 0 aliphatic carbocycles. The van der Waals surface area contributed by atoms with Crippen molar-refractivity contribution in [3.05, 3.63) is 83.1 Å². The second-order valence-electron chi connectivity index (χ2n) is 8.45. The lowest BCUT2D eigenvalue weighted by Crippen LogP contribution is -2.57. The van der Waals surface area contributed by atoms with Gasteiger partial charge in [0.15, 0.2) is 0 Å². The molecule has 170 valence electrons. The number of nitrogens with zero attached hydrogens (tertiary/aromatic N) is 4. The van der Waals surface area contributed by atoms with Crippen LogP contribution in [0.15, 0.2) is 71.4 Å². The predicted octanol–water partition coefficient (Wildman–Crippen LogP) is 3.07. The first kappa shape index (κ1) is 23.1. The zero-order valence-electron chi connectivity index (χ0n) is 18.8. The van der Waals surface area contributed by atoms with Crippen molar-refractivity contribution in [1.82, 2.24) is 9.80 Å². The van der Waals surface area contributed by atoms with Crippen LogP contribution in [0.3, 0.4) is 0 Å². The number of rotatable bonds is 6. The molecular weight excluding hydrogens is 430 g/mol. The van der Waals surface area contributed by atoms with Crippen LogP contribution >= 0.6 is 11.8 Å². The van der Waals surface area contributed by atoms with E-state index in [0.29, 0.717) is 30.9 Å². The van der Waals surface area contributed by atoms with Crippen LogP contribution in [0.2, 0.25) is 0 Å². The minimum Gasteiger partial charge on any atom is -0.398 e. The molecular formula is C26H29N5OS. The third-order valence-corrected chi connectivity index (χ3v) is 6.95. The lowest BCUT2D eigenvalue weighted by molar-refractivity contribution is -0.137. The summed E-state index contributed by atoms with van der Waals surface area (Å²) in [6, 6.07) is 20.8. The summed E-state index contributed by atoms with van der Waals surface area (Å²) >= 11 is 1.79. The standard InChI is InChI=1S/C26H29N5OS/c1-33-18-24-17-30(26(32)22-13-23(28)16-29-15-22)10-11-31(24)25(20-7-3-2-4-8-20)21-9-5-6-19(12-21)14-27/h2-9,12-13,16,22,24-25H,10-11,15,17-18,28H2,1H3/t22?,24-,25?/m0/s1. The summed E-state index contributed by atoms with van der Waals surface area (Å²) in [5.41, 5.74) is 9.39. The number of carbonyl (C=O) groups is 1. The van der Waals surface area contributed by atoms with Crippen LogP contribution in [0.25, 0.3) is 0 Å². The molecule has 7 heteroatoms. The fourth-order valence-electron chi connectivity index (χ4n) is 4.72. The van der Waals surface area contributed by atoms with E-state index in [-0.39, 0.29) is 23.9 Å². The van der Waals surface area contributed by atoms with Gasteiger partial charge in [-0.15, -0.1) is 0 Å². The third-order valence-electron chi connectivity index (χ3n) is 6.23. The second kappa shape index (κ2) is 10.7. The van der Waals surface area contributed by atoms with Crippen molar-refractivity contribution in [3.8, 4) is 6.07 Å². The maximum atomic E-state index is 13.2. The van der Waals surface area contributed by atoms with Gasteiger partial charge in [-0.1, -0.05) is 42.5 Å². The maximum Gasteiger partial charge on any atom is 0.231 e. The number of carbonyl (C=O) groups excluding carboxylic acids is 1. The molecule has 33 heavy (non-hydrogen) atoms. The summed E-state index contributed by atoms with van der Waals surface area (Å²) in [6.45, 7) is 2.52. The summed E-state index contributed by atoms with van der Waals surface area (Å²) in [5, 5.41) is 9.46. The molecule has 0 spiro atoms. The third kappa shape index (κ3) is 5.29. The Morgan fingerprint density at radius 1 is 1.21 bits per heavy atom. The summed E-state index contributed by atoms with van der Waals surface area (Å²) in [4.78, 5) is 22.0. The zero-order valence-corrected chi connectivity index (χ0v) is 19.6. The second-order valence-corrected chi connectivity index (χ2v) is 9.36. The molecule has 3 atom stereocenters. The highest BCUT2D eigenvalue weighted by molar-refractivity contribution is 7.98. The molecule has 4 rings (SSSR count). The van der Waals surface area contributed by atoms with E-state index < -0.39 is 0 Å². The van der Waals surface area contributed by atoms with Gasteiger partial charge in [0, 0.05) is 43.3 Å². The maximum absolute atomic E-state index is 13.2. The number of piperazine rings is 1. The van der Waals surface area contributed by atoms with Crippen molar-refractivity contribution in [2.75, 3.05) is 38.2 Å². The first-order valence-electron chi connectivity index (χ1n) is 11.2. The van der Waals surface area contributed by atoms with E-state index in [1.807, 2.05) is 35.2 Å². The van der Waals surface area contributed by atoms with Gasteiger partial charge in [-0.05, 0) is 35.6 Å². The number of nitrogens with two attached hydrogens (primary N) is 1. The van der Waals surface area contributed by atoms with Crippen molar-refractivity contribution in [1.29, 1.82) is 5.26 Å². The molecule has 0 aromatic heterocycles. The summed E-state index contributed by atoms with van der Waals surface area (Å²) < 4.78 is 0. The molecule has 1 amide bonds. The fourth-order valence-corrected chi connectivity index (χ4v) is 5.40. The minimum absolute atomic E-state index is 0.0173. The number of amides is 1. The Hall–Kier alpha value is -3.08. The van der Waals surface area contributed by atoms with Gasteiger partial charge in [-0.2, -0.15) is 17.0 Å². The van der Waals surface area contributed by atoms with Gasteiger partial charge in [0.2, 0.25) is 5.91 Å². The lowest BCUT2D eigenvalue weighted by Gasteiger charge is -2.46. The van der Waals surface area contributed by atoms with Gasteiger partial charge < -0.3 is 10.6 Å². The number of dihydropyridines is 1. The van der Waals surface area contributed by atoms with E-state index in [1.54, 1.807) is 18.0 Å². The average Bonchev–Trinajstić information content (AvgIpc) is 2.85. The number of allylic oxidation sites excluding steroid dienone is 1. The van der Waals surface area contributed by atoms with E-state index in [0.717, 1.165) is 17.9 Å². The molecule has 2 heterocycles. The smallest absolute Gasteiger partial charge is 0.231 e. The van der Waals surface area contributed by atoms with Crippen LogP contribution in [0.4, 0.5) is 0 Å². The molecule has 2 aliphatic rings. The van der Waals surface area contributed by atoms with Gasteiger partial charge in [-0.25, -0.2) is 0 Å². The lowest BCUT2D eigenvalue weighted by atomic mass is 9.93. The monoisotopic (exact) mass is 459 g/mol. The van der Waals surface area contributed by atoms with Crippen LogP contribution in [-0.2, 0) is 4.79 Å². The van der Waals surface area contributed by atoms with Crippen LogP contribution in [-0.4, -0.2) is 66.2 Å². The van der Waals surface area contributed by atoms with Crippen molar-refractivity contribution in [2.45, 2.75) is 12.1 Å². The normalized spacial score (nSPS) is 21.8. The van der Waals surface area contributed by atoms with Crippen molar-refractivity contribution in [2.24, 2.45) is 16.6 Å². The highest BCUT2D eigenvalue weighted by Gasteiger charge is 2.36. The molecule has 0 saturated carbocycles. The minimum atomic E-state index is -0.284. The van der Waals surface area contributed by atoms with E-state index in [4.69, 9.17) is 5.73 Å². The number of aliphatic imine (C=N–C) groups is 1. The SMILES string of the molecule is CSC[C@@H]1CN(C(=O)C2C=C(N)C=NC2)CCN1C(c1ccccc1)c1cccc(C#N)c1. The quantitative estimate of drug-likeness (QED) is 0.718. The Labute approximate surface area is 199 Å². The van der Waals surface area contributed by atoms with Gasteiger partial charge >= 0.3 is 0 Å². The predicted molar refractivity (Wildman–Crippen MR) is 134 cm³/mol. The Morgan fingerprint density at radius 2 is 2.00 bits per heavy atom. The van der Waals surface area contributed by atoms with Crippen LogP contribution in [0.1, 0.15) is 22.7 Å². The fraction of sp³-hybridized carbons (Fsp3) is 0.346. The average molecular weight is 460 g/mol. The summed E-state index contributed by atoms with van der Waals surface area (Å²) in [5.74, 6) is 0.725. The first-order valence-corrected chi connectivity index (χ1v) is 12.6. The Balaban J connectivity index is 1.63. The molecule has 2 aromatic rings. The number of thioether (sulfide) groups is 1. The summed E-state index contributed by atoms with van der Waals surface area (Å²) in [7, 11) is 0. The molecule has 2 aromatic carbocycles. The van der Waals surface area contributed by atoms with Gasteiger partial charge in [0.25, 0.3) is 0 Å². The zero-order chi connectivity index (χ0) is 23.2. The topological polar surface area (TPSA) is 85.7 Å². The number of hydrogen-bond donors (Lipinski definition) is 1. The molecule has 6 nitrogen and oxygen atoms in total. The molecule has 2 aliphatic heterocycles. The molecule has 2 unspecified atom stereocenters. The van der Waals surface area contributed by atoms with E-state index in [1.165, 1.54) is 5.56 Å². The Morgan fingerprint density at radius 3 is 2.73 bits per heavy atom. The first-order chi connectivity index (χ1) is 16.1. The van der Waals surface area contributed by atoms with Gasteiger partial charge in [0.05, 0.1) is 30.1 Å². The molecule has 0 bridgehead atoms. The van der Waals surface area contributed by atoms with Gasteiger partial charge in [0.1, 0.15) is 0 Å². The summed E-state index contributed by atoms with van der Waals surface area (Å²) in [6.07, 6.45) is 5.55. The Kier molecular flexibility index (Phi) is 7.48. The largest absolute Gasteiger partial charge is 0.398 e. The van der Waals surface area contributed by atoms with Crippen LogP contribution in [0, 0.1) is 17.2 Å². The molecule has 1 saturated heterocycles. The van der Waals surface area contributed by atoms with Crippen molar-refractivity contribution >= 4 is 23.9 Å². The van der Waals surface area contributed by atoms with Crippen LogP contribution < -0.4 is 5.73 Å².